The number of ether oxygens (including phenoxy) is 1. The van der Waals surface area contributed by atoms with Gasteiger partial charge in [0.05, 0.1) is 6.10 Å². The van der Waals surface area contributed by atoms with Gasteiger partial charge in [-0.15, -0.1) is 6.58 Å². The maximum Gasteiger partial charge on any atom is 0.0655 e. The number of likely N-dealkylation sites (tertiary alicyclic amines) is 1. The van der Waals surface area contributed by atoms with Gasteiger partial charge in [0.25, 0.3) is 0 Å². The highest BCUT2D eigenvalue weighted by Crippen LogP contribution is 2.43. The van der Waals surface area contributed by atoms with Crippen LogP contribution in [-0.4, -0.2) is 49.3 Å². The third-order valence-electron chi connectivity index (χ3n) is 4.96. The summed E-state index contributed by atoms with van der Waals surface area (Å²) in [5, 5.41) is 3.86. The quantitative estimate of drug-likeness (QED) is 0.747. The van der Waals surface area contributed by atoms with E-state index in [4.69, 9.17) is 4.74 Å². The molecule has 3 nitrogen and oxygen atoms in total. The molecule has 0 radical (unpaired) electrons. The maximum atomic E-state index is 5.80. The second kappa shape index (κ2) is 6.38. The van der Waals surface area contributed by atoms with Crippen molar-refractivity contribution >= 4 is 0 Å². The summed E-state index contributed by atoms with van der Waals surface area (Å²) >= 11 is 0. The number of nitrogens with zero attached hydrogens (tertiary/aromatic N) is 1. The van der Waals surface area contributed by atoms with Gasteiger partial charge in [0.2, 0.25) is 0 Å². The first-order chi connectivity index (χ1) is 9.07. The van der Waals surface area contributed by atoms with Crippen molar-refractivity contribution in [2.75, 3.05) is 26.2 Å². The van der Waals surface area contributed by atoms with E-state index in [1.54, 1.807) is 0 Å². The smallest absolute Gasteiger partial charge is 0.0655 e. The third-order valence-corrected chi connectivity index (χ3v) is 4.96. The molecule has 110 valence electrons. The molecule has 3 heteroatoms. The summed E-state index contributed by atoms with van der Waals surface area (Å²) in [7, 11) is 0. The van der Waals surface area contributed by atoms with E-state index in [0.717, 1.165) is 13.2 Å². The van der Waals surface area contributed by atoms with E-state index in [1.807, 2.05) is 6.08 Å². The third kappa shape index (κ3) is 3.39. The van der Waals surface area contributed by atoms with Crippen molar-refractivity contribution in [1.82, 2.24) is 10.2 Å². The minimum absolute atomic E-state index is 0.286. The van der Waals surface area contributed by atoms with E-state index < -0.39 is 0 Å². The van der Waals surface area contributed by atoms with Crippen molar-refractivity contribution in [2.24, 2.45) is 5.41 Å². The van der Waals surface area contributed by atoms with Crippen LogP contribution in [0.15, 0.2) is 12.7 Å². The molecule has 19 heavy (non-hydrogen) atoms. The van der Waals surface area contributed by atoms with E-state index in [9.17, 15) is 0 Å². The highest BCUT2D eigenvalue weighted by molar-refractivity contribution is 5.04. The Morgan fingerprint density at radius 2 is 2.05 bits per heavy atom. The van der Waals surface area contributed by atoms with E-state index in [1.165, 1.54) is 32.4 Å². The molecule has 2 fully saturated rings. The van der Waals surface area contributed by atoms with Crippen LogP contribution >= 0.6 is 0 Å². The molecule has 0 aromatic carbocycles. The lowest BCUT2D eigenvalue weighted by molar-refractivity contribution is -0.117. The summed E-state index contributed by atoms with van der Waals surface area (Å²) in [5.74, 6) is 0. The van der Waals surface area contributed by atoms with Gasteiger partial charge < -0.3 is 10.1 Å². The first kappa shape index (κ1) is 15.0. The predicted octanol–water partition coefficient (Wildman–Crippen LogP) is 2.43. The lowest BCUT2D eigenvalue weighted by Crippen LogP contribution is -2.63. The highest BCUT2D eigenvalue weighted by Gasteiger charge is 2.49. The molecule has 0 aromatic heterocycles. The van der Waals surface area contributed by atoms with Crippen LogP contribution in [0.4, 0.5) is 0 Å². The van der Waals surface area contributed by atoms with Gasteiger partial charge in [0.15, 0.2) is 0 Å². The van der Waals surface area contributed by atoms with Gasteiger partial charge >= 0.3 is 0 Å². The Kier molecular flexibility index (Phi) is 5.04. The molecule has 1 saturated heterocycles. The first-order valence-corrected chi connectivity index (χ1v) is 7.78. The largest absolute Gasteiger partial charge is 0.378 e. The number of piperidine rings is 1. The Balaban J connectivity index is 1.73. The van der Waals surface area contributed by atoms with Crippen LogP contribution < -0.4 is 5.32 Å². The minimum atomic E-state index is 0.286. The highest BCUT2D eigenvalue weighted by atomic mass is 16.5. The molecular formula is C16H30N2O. The van der Waals surface area contributed by atoms with Crippen LogP contribution in [-0.2, 0) is 4.74 Å². The Morgan fingerprint density at radius 3 is 2.58 bits per heavy atom. The Labute approximate surface area is 118 Å². The van der Waals surface area contributed by atoms with Crippen LogP contribution in [0.5, 0.6) is 0 Å². The Morgan fingerprint density at radius 1 is 1.37 bits per heavy atom. The average Bonchev–Trinajstić information content (AvgIpc) is 2.40. The lowest BCUT2D eigenvalue weighted by Gasteiger charge is -2.53. The summed E-state index contributed by atoms with van der Waals surface area (Å²) < 4.78 is 5.80. The van der Waals surface area contributed by atoms with Gasteiger partial charge in [0, 0.05) is 30.7 Å². The Hall–Kier alpha value is -0.380. The second-order valence-electron chi connectivity index (χ2n) is 6.58. The first-order valence-electron chi connectivity index (χ1n) is 7.78. The number of rotatable bonds is 6. The average molecular weight is 266 g/mol. The van der Waals surface area contributed by atoms with Gasteiger partial charge in [-0.2, -0.15) is 0 Å². The van der Waals surface area contributed by atoms with Crippen LogP contribution in [0.25, 0.3) is 0 Å². The molecule has 0 unspecified atom stereocenters. The zero-order valence-electron chi connectivity index (χ0n) is 12.8. The van der Waals surface area contributed by atoms with Crippen molar-refractivity contribution in [3.63, 3.8) is 0 Å². The summed E-state index contributed by atoms with van der Waals surface area (Å²) in [5.41, 5.74) is 0.286. The van der Waals surface area contributed by atoms with Crippen molar-refractivity contribution in [3.8, 4) is 0 Å². The van der Waals surface area contributed by atoms with Crippen molar-refractivity contribution in [1.29, 1.82) is 0 Å². The molecule has 0 spiro atoms. The Bertz CT molecular complexity index is 295. The second-order valence-corrected chi connectivity index (χ2v) is 6.58. The van der Waals surface area contributed by atoms with E-state index in [2.05, 4.69) is 37.6 Å². The lowest BCUT2D eigenvalue weighted by atomic mass is 9.64. The zero-order valence-corrected chi connectivity index (χ0v) is 12.8. The molecule has 1 aliphatic carbocycles. The normalized spacial score (nSPS) is 31.9. The molecule has 1 heterocycles. The van der Waals surface area contributed by atoms with Crippen LogP contribution in [0, 0.1) is 5.41 Å². The van der Waals surface area contributed by atoms with Crippen LogP contribution in [0.1, 0.15) is 40.0 Å². The van der Waals surface area contributed by atoms with Crippen LogP contribution in [0.2, 0.25) is 0 Å². The van der Waals surface area contributed by atoms with Crippen molar-refractivity contribution < 1.29 is 4.74 Å². The fraction of sp³-hybridized carbons (Fsp3) is 0.875. The maximum absolute atomic E-state index is 5.80. The molecule has 0 aromatic rings. The molecule has 2 atom stereocenters. The van der Waals surface area contributed by atoms with Gasteiger partial charge in [-0.25, -0.2) is 0 Å². The fourth-order valence-corrected chi connectivity index (χ4v) is 3.40. The minimum Gasteiger partial charge on any atom is -0.378 e. The van der Waals surface area contributed by atoms with E-state index in [-0.39, 0.29) is 5.41 Å². The molecular weight excluding hydrogens is 236 g/mol. The van der Waals surface area contributed by atoms with Crippen LogP contribution in [0.3, 0.4) is 0 Å². The standard InChI is InChI=1S/C16H30N2O/c1-5-9-18-10-7-13(8-11-18)17-14-12-15(19-6-2)16(14,3)4/h5,13-15,17H,1,6-12H2,2-4H3/t14-,15+/m1/s1. The van der Waals surface area contributed by atoms with Crippen molar-refractivity contribution in [3.05, 3.63) is 12.7 Å². The topological polar surface area (TPSA) is 24.5 Å². The van der Waals surface area contributed by atoms with E-state index in [0.29, 0.717) is 18.2 Å². The zero-order chi connectivity index (χ0) is 13.9. The number of nitrogens with one attached hydrogen (secondary N) is 1. The molecule has 1 saturated carbocycles. The number of hydrogen-bond donors (Lipinski definition) is 1. The van der Waals surface area contributed by atoms with Gasteiger partial charge in [-0.3, -0.25) is 4.90 Å². The molecule has 1 N–H and O–H groups in total. The molecule has 0 bridgehead atoms. The summed E-state index contributed by atoms with van der Waals surface area (Å²) in [6.45, 7) is 14.8. The fourth-order valence-electron chi connectivity index (χ4n) is 3.40. The monoisotopic (exact) mass is 266 g/mol. The molecule has 1 aliphatic heterocycles. The van der Waals surface area contributed by atoms with E-state index >= 15 is 0 Å². The molecule has 0 amide bonds. The summed E-state index contributed by atoms with van der Waals surface area (Å²) in [6, 6.07) is 1.31. The predicted molar refractivity (Wildman–Crippen MR) is 80.4 cm³/mol. The van der Waals surface area contributed by atoms with Gasteiger partial charge in [-0.05, 0) is 39.3 Å². The molecule has 2 aliphatic rings. The van der Waals surface area contributed by atoms with Gasteiger partial charge in [0.1, 0.15) is 0 Å². The summed E-state index contributed by atoms with van der Waals surface area (Å²) in [6.07, 6.45) is 6.15. The summed E-state index contributed by atoms with van der Waals surface area (Å²) in [4.78, 5) is 2.49. The SMILES string of the molecule is C=CCN1CCC(N[C@@H]2C[C@H](OCC)C2(C)C)CC1. The van der Waals surface area contributed by atoms with Crippen molar-refractivity contribution in [2.45, 2.75) is 58.2 Å². The molecule has 2 rings (SSSR count). The number of hydrogen-bond acceptors (Lipinski definition) is 3. The van der Waals surface area contributed by atoms with Gasteiger partial charge in [-0.1, -0.05) is 19.9 Å².